The van der Waals surface area contributed by atoms with Crippen LogP contribution in [-0.4, -0.2) is 24.1 Å². The molecule has 0 aliphatic heterocycles. The fraction of sp³-hybridized carbons (Fsp3) is 0.550. The van der Waals surface area contributed by atoms with E-state index in [1.165, 1.54) is 11.1 Å². The van der Waals surface area contributed by atoms with Gasteiger partial charge in [-0.05, 0) is 61.3 Å². The molecule has 3 heteroatoms. The molecule has 0 amide bonds. The molecule has 0 aromatic heterocycles. The number of hydrogen-bond donors (Lipinski definition) is 1. The van der Waals surface area contributed by atoms with Crippen LogP contribution in [0.1, 0.15) is 50.2 Å². The quantitative estimate of drug-likeness (QED) is 0.908. The maximum Gasteiger partial charge on any atom is 0.164 e. The van der Waals surface area contributed by atoms with Crippen LogP contribution in [0.3, 0.4) is 0 Å². The second-order valence-electron chi connectivity index (χ2n) is 7.26. The van der Waals surface area contributed by atoms with Crippen molar-refractivity contribution in [2.24, 2.45) is 11.3 Å². The Morgan fingerprint density at radius 3 is 2.87 bits per heavy atom. The SMILES string of the molecule is CC[C@]12CC(=O)C3=C(CCc4cc(OC)ccc43)[C@@H]1CC[C@@H]2O. The third kappa shape index (κ3) is 1.96. The molecule has 1 aromatic rings. The summed E-state index contributed by atoms with van der Waals surface area (Å²) in [6.45, 7) is 2.13. The monoisotopic (exact) mass is 312 g/mol. The Bertz CT molecular complexity index is 703. The van der Waals surface area contributed by atoms with E-state index in [0.717, 1.165) is 49.0 Å². The maximum atomic E-state index is 13.0. The second kappa shape index (κ2) is 5.20. The highest BCUT2D eigenvalue weighted by Gasteiger charge is 2.54. The Balaban J connectivity index is 1.86. The molecule has 122 valence electrons. The number of rotatable bonds is 2. The van der Waals surface area contributed by atoms with E-state index in [9.17, 15) is 9.90 Å². The Labute approximate surface area is 137 Å². The molecule has 3 aliphatic carbocycles. The average Bonchev–Trinajstić information content (AvgIpc) is 2.91. The van der Waals surface area contributed by atoms with Crippen LogP contribution in [0.5, 0.6) is 5.75 Å². The molecule has 23 heavy (non-hydrogen) atoms. The van der Waals surface area contributed by atoms with Gasteiger partial charge in [0.05, 0.1) is 13.2 Å². The van der Waals surface area contributed by atoms with Gasteiger partial charge in [0.2, 0.25) is 0 Å². The molecular weight excluding hydrogens is 288 g/mol. The molecule has 1 saturated carbocycles. The average molecular weight is 312 g/mol. The molecular formula is C20H24O3. The highest BCUT2D eigenvalue weighted by Crippen LogP contribution is 2.58. The van der Waals surface area contributed by atoms with E-state index < -0.39 is 0 Å². The Morgan fingerprint density at radius 1 is 1.30 bits per heavy atom. The summed E-state index contributed by atoms with van der Waals surface area (Å²) in [4.78, 5) is 13.0. The molecule has 3 aliphatic rings. The molecule has 0 bridgehead atoms. The van der Waals surface area contributed by atoms with Gasteiger partial charge in [0.25, 0.3) is 0 Å². The lowest BCUT2D eigenvalue weighted by atomic mass is 9.60. The molecule has 1 aromatic carbocycles. The predicted octanol–water partition coefficient (Wildman–Crippen LogP) is 3.54. The number of aliphatic hydroxyl groups excluding tert-OH is 1. The van der Waals surface area contributed by atoms with Crippen molar-refractivity contribution in [3.63, 3.8) is 0 Å². The summed E-state index contributed by atoms with van der Waals surface area (Å²) >= 11 is 0. The van der Waals surface area contributed by atoms with Crippen LogP contribution in [0.4, 0.5) is 0 Å². The zero-order valence-corrected chi connectivity index (χ0v) is 13.9. The van der Waals surface area contributed by atoms with Crippen LogP contribution in [-0.2, 0) is 11.2 Å². The Hall–Kier alpha value is -1.61. The number of ketones is 1. The minimum absolute atomic E-state index is 0.208. The van der Waals surface area contributed by atoms with Gasteiger partial charge < -0.3 is 9.84 Å². The lowest BCUT2D eigenvalue weighted by molar-refractivity contribution is -0.119. The minimum Gasteiger partial charge on any atom is -0.497 e. The van der Waals surface area contributed by atoms with Gasteiger partial charge in [0, 0.05) is 17.4 Å². The minimum atomic E-state index is -0.326. The molecule has 0 radical (unpaired) electrons. The molecule has 3 nitrogen and oxygen atoms in total. The number of carbonyl (C=O) groups is 1. The van der Waals surface area contributed by atoms with Crippen LogP contribution in [0, 0.1) is 11.3 Å². The number of allylic oxidation sites excluding steroid dienone is 2. The summed E-state index contributed by atoms with van der Waals surface area (Å²) in [5.41, 5.74) is 4.39. The number of Topliss-reactive ketones (excluding diaryl/α,β-unsaturated/α-hetero) is 1. The van der Waals surface area contributed by atoms with Gasteiger partial charge in [-0.15, -0.1) is 0 Å². The first kappa shape index (κ1) is 14.9. The maximum absolute atomic E-state index is 13.0. The normalized spacial score (nSPS) is 32.4. The van der Waals surface area contributed by atoms with Crippen LogP contribution in [0.25, 0.3) is 5.57 Å². The molecule has 0 saturated heterocycles. The number of aryl methyl sites for hydroxylation is 1. The summed E-state index contributed by atoms with van der Waals surface area (Å²) < 4.78 is 5.33. The van der Waals surface area contributed by atoms with Crippen molar-refractivity contribution in [1.29, 1.82) is 0 Å². The molecule has 1 N–H and O–H groups in total. The number of methoxy groups -OCH3 is 1. The van der Waals surface area contributed by atoms with Crippen molar-refractivity contribution in [3.8, 4) is 5.75 Å². The van der Waals surface area contributed by atoms with Crippen molar-refractivity contribution < 1.29 is 14.6 Å². The molecule has 0 heterocycles. The summed E-state index contributed by atoms with van der Waals surface area (Å²) in [5.74, 6) is 1.46. The summed E-state index contributed by atoms with van der Waals surface area (Å²) in [7, 11) is 1.68. The van der Waals surface area contributed by atoms with E-state index in [1.54, 1.807) is 7.11 Å². The van der Waals surface area contributed by atoms with E-state index in [2.05, 4.69) is 13.0 Å². The summed E-state index contributed by atoms with van der Waals surface area (Å²) in [5, 5.41) is 10.6. The molecule has 3 atom stereocenters. The van der Waals surface area contributed by atoms with Gasteiger partial charge in [-0.2, -0.15) is 0 Å². The fourth-order valence-electron chi connectivity index (χ4n) is 5.28. The third-order valence-corrected chi connectivity index (χ3v) is 6.50. The third-order valence-electron chi connectivity index (χ3n) is 6.50. The van der Waals surface area contributed by atoms with E-state index in [-0.39, 0.29) is 17.3 Å². The first-order valence-electron chi connectivity index (χ1n) is 8.72. The van der Waals surface area contributed by atoms with Crippen molar-refractivity contribution in [2.75, 3.05) is 7.11 Å². The van der Waals surface area contributed by atoms with Crippen LogP contribution in [0.2, 0.25) is 0 Å². The lowest BCUT2D eigenvalue weighted by Gasteiger charge is -2.44. The van der Waals surface area contributed by atoms with Crippen molar-refractivity contribution in [1.82, 2.24) is 0 Å². The van der Waals surface area contributed by atoms with Crippen LogP contribution >= 0.6 is 0 Å². The second-order valence-corrected chi connectivity index (χ2v) is 7.26. The fourth-order valence-corrected chi connectivity index (χ4v) is 5.28. The smallest absolute Gasteiger partial charge is 0.164 e. The number of benzene rings is 1. The summed E-state index contributed by atoms with van der Waals surface area (Å²) in [6, 6.07) is 6.07. The highest BCUT2D eigenvalue weighted by molar-refractivity contribution is 6.23. The van der Waals surface area contributed by atoms with Crippen molar-refractivity contribution in [3.05, 3.63) is 34.9 Å². The number of fused-ring (bicyclic) bond motifs is 4. The zero-order valence-electron chi connectivity index (χ0n) is 13.9. The Kier molecular flexibility index (Phi) is 3.38. The number of aliphatic hydroxyl groups is 1. The van der Waals surface area contributed by atoms with E-state index in [0.29, 0.717) is 12.3 Å². The van der Waals surface area contributed by atoms with Crippen LogP contribution < -0.4 is 4.74 Å². The van der Waals surface area contributed by atoms with Gasteiger partial charge in [-0.3, -0.25) is 4.79 Å². The Morgan fingerprint density at radius 2 is 2.13 bits per heavy atom. The lowest BCUT2D eigenvalue weighted by Crippen LogP contribution is -2.42. The van der Waals surface area contributed by atoms with Crippen molar-refractivity contribution >= 4 is 11.4 Å². The van der Waals surface area contributed by atoms with Gasteiger partial charge in [-0.1, -0.05) is 18.6 Å². The first-order valence-corrected chi connectivity index (χ1v) is 8.72. The topological polar surface area (TPSA) is 46.5 Å². The molecule has 0 unspecified atom stereocenters. The highest BCUT2D eigenvalue weighted by atomic mass is 16.5. The molecule has 0 spiro atoms. The van der Waals surface area contributed by atoms with Crippen molar-refractivity contribution in [2.45, 2.75) is 51.6 Å². The largest absolute Gasteiger partial charge is 0.497 e. The van der Waals surface area contributed by atoms with E-state index >= 15 is 0 Å². The zero-order chi connectivity index (χ0) is 16.2. The van der Waals surface area contributed by atoms with Gasteiger partial charge in [0.1, 0.15) is 5.75 Å². The molecule has 1 fully saturated rings. The molecule has 4 rings (SSSR count). The van der Waals surface area contributed by atoms with E-state index in [4.69, 9.17) is 4.74 Å². The first-order chi connectivity index (χ1) is 11.1. The number of ether oxygens (including phenoxy) is 1. The van der Waals surface area contributed by atoms with E-state index in [1.807, 2.05) is 12.1 Å². The predicted molar refractivity (Wildman–Crippen MR) is 89.3 cm³/mol. The summed E-state index contributed by atoms with van der Waals surface area (Å²) in [6.07, 6.45) is 4.82. The van der Waals surface area contributed by atoms with Gasteiger partial charge in [0.15, 0.2) is 5.78 Å². The van der Waals surface area contributed by atoms with Gasteiger partial charge in [-0.25, -0.2) is 0 Å². The number of carbonyl (C=O) groups excluding carboxylic acids is 1. The van der Waals surface area contributed by atoms with Gasteiger partial charge >= 0.3 is 0 Å². The standard InChI is InChI=1S/C20H24O3/c1-3-20-11-17(21)19-14-7-5-13(23-2)10-12(14)4-6-15(19)16(20)8-9-18(20)22/h5,7,10,16,18,22H,3-4,6,8-9,11H2,1-2H3/t16-,18-,20-/m0/s1. The van der Waals surface area contributed by atoms with Crippen LogP contribution in [0.15, 0.2) is 23.8 Å². The number of hydrogen-bond acceptors (Lipinski definition) is 3.